The third-order valence-corrected chi connectivity index (χ3v) is 3.21. The zero-order valence-electron chi connectivity index (χ0n) is 11.1. The zero-order valence-corrected chi connectivity index (χ0v) is 11.1. The highest BCUT2D eigenvalue weighted by Crippen LogP contribution is 2.20. The monoisotopic (exact) mass is 265 g/mol. The van der Waals surface area contributed by atoms with Gasteiger partial charge in [-0.15, -0.1) is 0 Å². The number of anilines is 2. The van der Waals surface area contributed by atoms with E-state index < -0.39 is 0 Å². The maximum Gasteiger partial charge on any atom is 0.323 e. The number of nitrogens with one attached hydrogen (secondary N) is 1. The van der Waals surface area contributed by atoms with E-state index in [0.29, 0.717) is 31.1 Å². The summed E-state index contributed by atoms with van der Waals surface area (Å²) in [5.74, 6) is 1.29. The number of hydrogen-bond acceptors (Lipinski definition) is 7. The average molecular weight is 265 g/mol. The molecule has 2 saturated heterocycles. The molecule has 7 nitrogen and oxygen atoms in total. The molecule has 3 rings (SSSR count). The standard InChI is InChI=1S/C12H19N5O2/c1-2-13-10-14-11(17-5-3-4-6-17)16-12(15-10)19-9-7-18-8-9/h9H,2-8H2,1H3,(H,13,14,15,16). The first-order valence-electron chi connectivity index (χ1n) is 6.84. The Balaban J connectivity index is 1.80. The molecule has 1 aromatic rings. The quantitative estimate of drug-likeness (QED) is 0.839. The second kappa shape index (κ2) is 5.56. The Kier molecular flexibility index (Phi) is 3.63. The Morgan fingerprint density at radius 3 is 2.68 bits per heavy atom. The maximum absolute atomic E-state index is 5.68. The van der Waals surface area contributed by atoms with Crippen LogP contribution in [0.25, 0.3) is 0 Å². The van der Waals surface area contributed by atoms with Crippen LogP contribution in [0.15, 0.2) is 0 Å². The molecular weight excluding hydrogens is 246 g/mol. The molecular formula is C12H19N5O2. The number of ether oxygens (including phenoxy) is 2. The molecule has 0 aliphatic carbocycles. The summed E-state index contributed by atoms with van der Waals surface area (Å²) in [6.07, 6.45) is 2.45. The first-order valence-corrected chi connectivity index (χ1v) is 6.84. The van der Waals surface area contributed by atoms with Crippen LogP contribution in [0.5, 0.6) is 6.01 Å². The molecule has 1 aromatic heterocycles. The fourth-order valence-corrected chi connectivity index (χ4v) is 2.13. The van der Waals surface area contributed by atoms with Gasteiger partial charge in [-0.05, 0) is 19.8 Å². The first kappa shape index (κ1) is 12.4. The summed E-state index contributed by atoms with van der Waals surface area (Å²) < 4.78 is 10.8. The van der Waals surface area contributed by atoms with E-state index in [-0.39, 0.29) is 6.10 Å². The molecule has 7 heteroatoms. The summed E-state index contributed by atoms with van der Waals surface area (Å²) in [6, 6.07) is 0.390. The maximum atomic E-state index is 5.68. The normalized spacial score (nSPS) is 19.3. The van der Waals surface area contributed by atoms with Crippen molar-refractivity contribution >= 4 is 11.9 Å². The minimum Gasteiger partial charge on any atom is -0.455 e. The van der Waals surface area contributed by atoms with Gasteiger partial charge in [-0.2, -0.15) is 15.0 Å². The lowest BCUT2D eigenvalue weighted by Crippen LogP contribution is -2.39. The Labute approximate surface area is 112 Å². The van der Waals surface area contributed by atoms with Crippen LogP contribution in [0.2, 0.25) is 0 Å². The predicted molar refractivity (Wildman–Crippen MR) is 70.7 cm³/mol. The molecule has 0 aromatic carbocycles. The molecule has 0 saturated carbocycles. The van der Waals surface area contributed by atoms with Crippen molar-refractivity contribution in [1.29, 1.82) is 0 Å². The third kappa shape index (κ3) is 2.86. The van der Waals surface area contributed by atoms with Crippen LogP contribution in [0.3, 0.4) is 0 Å². The largest absolute Gasteiger partial charge is 0.455 e. The molecule has 0 bridgehead atoms. The summed E-state index contributed by atoms with van der Waals surface area (Å²) in [4.78, 5) is 15.3. The van der Waals surface area contributed by atoms with E-state index in [0.717, 1.165) is 19.6 Å². The van der Waals surface area contributed by atoms with Crippen molar-refractivity contribution in [3.8, 4) is 6.01 Å². The van der Waals surface area contributed by atoms with E-state index in [9.17, 15) is 0 Å². The van der Waals surface area contributed by atoms with Crippen LogP contribution in [0.1, 0.15) is 19.8 Å². The van der Waals surface area contributed by atoms with Crippen molar-refractivity contribution in [3.63, 3.8) is 0 Å². The number of rotatable bonds is 5. The number of hydrogen-bond donors (Lipinski definition) is 1. The van der Waals surface area contributed by atoms with Crippen molar-refractivity contribution in [2.75, 3.05) is 43.1 Å². The van der Waals surface area contributed by atoms with Gasteiger partial charge in [0.1, 0.15) is 6.10 Å². The summed E-state index contributed by atoms with van der Waals surface area (Å²) in [7, 11) is 0. The van der Waals surface area contributed by atoms with Gasteiger partial charge in [-0.3, -0.25) is 0 Å². The third-order valence-electron chi connectivity index (χ3n) is 3.21. The Morgan fingerprint density at radius 1 is 1.26 bits per heavy atom. The fourth-order valence-electron chi connectivity index (χ4n) is 2.13. The molecule has 0 spiro atoms. The second-order valence-electron chi connectivity index (χ2n) is 4.74. The average Bonchev–Trinajstić information content (AvgIpc) is 2.88. The van der Waals surface area contributed by atoms with Gasteiger partial charge in [-0.1, -0.05) is 0 Å². The van der Waals surface area contributed by atoms with Crippen LogP contribution < -0.4 is 15.0 Å². The van der Waals surface area contributed by atoms with Crippen molar-refractivity contribution in [1.82, 2.24) is 15.0 Å². The highest BCUT2D eigenvalue weighted by atomic mass is 16.6. The highest BCUT2D eigenvalue weighted by molar-refractivity contribution is 5.39. The molecule has 0 amide bonds. The molecule has 0 unspecified atom stereocenters. The summed E-state index contributed by atoms with van der Waals surface area (Å²) >= 11 is 0. The van der Waals surface area contributed by atoms with Gasteiger partial charge in [0.15, 0.2) is 0 Å². The zero-order chi connectivity index (χ0) is 13.1. The molecule has 1 N–H and O–H groups in total. The van der Waals surface area contributed by atoms with Crippen molar-refractivity contribution < 1.29 is 9.47 Å². The van der Waals surface area contributed by atoms with E-state index in [1.54, 1.807) is 0 Å². The molecule has 0 atom stereocenters. The molecule has 2 aliphatic rings. The van der Waals surface area contributed by atoms with Crippen molar-refractivity contribution in [3.05, 3.63) is 0 Å². The van der Waals surface area contributed by atoms with Crippen LogP contribution in [0.4, 0.5) is 11.9 Å². The summed E-state index contributed by atoms with van der Waals surface area (Å²) in [6.45, 7) is 6.01. The van der Waals surface area contributed by atoms with Gasteiger partial charge < -0.3 is 19.7 Å². The van der Waals surface area contributed by atoms with E-state index in [4.69, 9.17) is 9.47 Å². The lowest BCUT2D eigenvalue weighted by atomic mass is 10.3. The van der Waals surface area contributed by atoms with Gasteiger partial charge >= 0.3 is 6.01 Å². The van der Waals surface area contributed by atoms with Crippen LogP contribution in [-0.2, 0) is 4.74 Å². The van der Waals surface area contributed by atoms with Gasteiger partial charge in [-0.25, -0.2) is 0 Å². The first-order chi connectivity index (χ1) is 9.35. The van der Waals surface area contributed by atoms with Crippen LogP contribution in [0, 0.1) is 0 Å². The Bertz CT molecular complexity index is 432. The lowest BCUT2D eigenvalue weighted by molar-refractivity contribution is -0.0831. The number of aromatic nitrogens is 3. The number of nitrogens with zero attached hydrogens (tertiary/aromatic N) is 4. The van der Waals surface area contributed by atoms with E-state index in [2.05, 4.69) is 25.2 Å². The molecule has 0 radical (unpaired) electrons. The SMILES string of the molecule is CCNc1nc(OC2COC2)nc(N2CCCC2)n1. The van der Waals surface area contributed by atoms with Crippen molar-refractivity contribution in [2.45, 2.75) is 25.9 Å². The van der Waals surface area contributed by atoms with E-state index in [1.807, 2.05) is 6.92 Å². The topological polar surface area (TPSA) is 72.4 Å². The van der Waals surface area contributed by atoms with Gasteiger partial charge in [0.05, 0.1) is 13.2 Å². The van der Waals surface area contributed by atoms with Gasteiger partial charge in [0.2, 0.25) is 11.9 Å². The van der Waals surface area contributed by atoms with Crippen molar-refractivity contribution in [2.24, 2.45) is 0 Å². The minimum atomic E-state index is 0.0725. The Hall–Kier alpha value is -1.63. The molecule has 19 heavy (non-hydrogen) atoms. The molecule has 2 fully saturated rings. The summed E-state index contributed by atoms with van der Waals surface area (Å²) in [5.41, 5.74) is 0. The molecule has 2 aliphatic heterocycles. The van der Waals surface area contributed by atoms with Gasteiger partial charge in [0.25, 0.3) is 0 Å². The minimum absolute atomic E-state index is 0.0725. The van der Waals surface area contributed by atoms with E-state index in [1.165, 1.54) is 12.8 Å². The Morgan fingerprint density at radius 2 is 2.05 bits per heavy atom. The smallest absolute Gasteiger partial charge is 0.323 e. The van der Waals surface area contributed by atoms with Crippen LogP contribution >= 0.6 is 0 Å². The predicted octanol–water partition coefficient (Wildman–Crippen LogP) is 0.681. The highest BCUT2D eigenvalue weighted by Gasteiger charge is 2.23. The summed E-state index contributed by atoms with van der Waals surface area (Å²) in [5, 5.41) is 3.12. The van der Waals surface area contributed by atoms with Crippen LogP contribution in [-0.4, -0.2) is 53.9 Å². The molecule has 3 heterocycles. The fraction of sp³-hybridized carbons (Fsp3) is 0.750. The van der Waals surface area contributed by atoms with Gasteiger partial charge in [0, 0.05) is 19.6 Å². The molecule has 104 valence electrons. The van der Waals surface area contributed by atoms with E-state index >= 15 is 0 Å². The lowest BCUT2D eigenvalue weighted by Gasteiger charge is -2.26. The second-order valence-corrected chi connectivity index (χ2v) is 4.74.